The Kier molecular flexibility index (Phi) is 3.83. The van der Waals surface area contributed by atoms with E-state index in [-0.39, 0.29) is 17.6 Å². The summed E-state index contributed by atoms with van der Waals surface area (Å²) in [5.74, 6) is 0.715. The second-order valence-electron chi connectivity index (χ2n) is 5.04. The van der Waals surface area contributed by atoms with Gasteiger partial charge in [0.15, 0.2) is 0 Å². The minimum atomic E-state index is -0.409. The molecule has 19 heavy (non-hydrogen) atoms. The average molecular weight is 263 g/mol. The summed E-state index contributed by atoms with van der Waals surface area (Å²) in [7, 11) is 0. The molecule has 0 radical (unpaired) electrons. The number of ether oxygens (including phenoxy) is 1. The van der Waals surface area contributed by atoms with Crippen LogP contribution < -0.4 is 4.74 Å². The van der Waals surface area contributed by atoms with Gasteiger partial charge in [-0.05, 0) is 38.3 Å². The van der Waals surface area contributed by atoms with Crippen molar-refractivity contribution in [2.45, 2.75) is 45.6 Å². The Hall–Kier alpha value is -1.91. The van der Waals surface area contributed by atoms with Crippen LogP contribution in [0.2, 0.25) is 0 Å². The molecule has 1 aliphatic carbocycles. The van der Waals surface area contributed by atoms with Gasteiger partial charge in [0.2, 0.25) is 0 Å². The maximum atomic E-state index is 11.4. The number of hydrogen-bond acceptors (Lipinski definition) is 4. The summed E-state index contributed by atoms with van der Waals surface area (Å²) in [6, 6.07) is 3.21. The number of hydrogen-bond donors (Lipinski definition) is 0. The highest BCUT2D eigenvalue weighted by Crippen LogP contribution is 2.30. The molecule has 0 aromatic heterocycles. The van der Waals surface area contributed by atoms with Gasteiger partial charge in [-0.3, -0.25) is 14.9 Å². The molecule has 1 saturated carbocycles. The lowest BCUT2D eigenvalue weighted by Gasteiger charge is -2.23. The topological polar surface area (TPSA) is 69.4 Å². The lowest BCUT2D eigenvalue weighted by molar-refractivity contribution is -0.385. The molecule has 0 aliphatic heterocycles. The summed E-state index contributed by atoms with van der Waals surface area (Å²) in [4.78, 5) is 21.9. The normalized spacial score (nSPS) is 19.3. The number of nitrogens with zero attached hydrogens (tertiary/aromatic N) is 1. The zero-order valence-corrected chi connectivity index (χ0v) is 11.1. The summed E-state index contributed by atoms with van der Waals surface area (Å²) >= 11 is 0. The van der Waals surface area contributed by atoms with Gasteiger partial charge in [0.1, 0.15) is 17.6 Å². The van der Waals surface area contributed by atoms with E-state index in [1.807, 2.05) is 6.92 Å². The third-order valence-corrected chi connectivity index (χ3v) is 3.42. The highest BCUT2D eigenvalue weighted by atomic mass is 16.6. The lowest BCUT2D eigenvalue weighted by atomic mass is 9.96. The number of benzene rings is 1. The van der Waals surface area contributed by atoms with Crippen molar-refractivity contribution in [1.29, 1.82) is 0 Å². The molecule has 1 aromatic rings. The molecule has 0 spiro atoms. The second kappa shape index (κ2) is 5.38. The van der Waals surface area contributed by atoms with Gasteiger partial charge in [0.25, 0.3) is 5.69 Å². The van der Waals surface area contributed by atoms with Gasteiger partial charge < -0.3 is 4.74 Å². The van der Waals surface area contributed by atoms with Crippen LogP contribution in [-0.2, 0) is 4.79 Å². The standard InChI is InChI=1S/C14H17NO4/c1-9-6-10(2)14(8-13(9)15(17)18)19-12-5-3-4-11(16)7-12/h6,8,12H,3-5,7H2,1-2H3. The molecular weight excluding hydrogens is 246 g/mol. The zero-order chi connectivity index (χ0) is 14.0. The van der Waals surface area contributed by atoms with Gasteiger partial charge in [-0.15, -0.1) is 0 Å². The third kappa shape index (κ3) is 3.10. The molecule has 1 unspecified atom stereocenters. The number of ketones is 1. The summed E-state index contributed by atoms with van der Waals surface area (Å²) in [5, 5.41) is 10.9. The molecule has 2 rings (SSSR count). The summed E-state index contributed by atoms with van der Waals surface area (Å²) in [6.45, 7) is 3.57. The van der Waals surface area contributed by atoms with Crippen LogP contribution in [0.25, 0.3) is 0 Å². The monoisotopic (exact) mass is 263 g/mol. The van der Waals surface area contributed by atoms with Crippen molar-refractivity contribution in [2.24, 2.45) is 0 Å². The van der Waals surface area contributed by atoms with Crippen molar-refractivity contribution in [3.05, 3.63) is 33.4 Å². The Bertz CT molecular complexity index is 524. The van der Waals surface area contributed by atoms with Crippen molar-refractivity contribution >= 4 is 11.5 Å². The third-order valence-electron chi connectivity index (χ3n) is 3.42. The number of aryl methyl sites for hydroxylation is 2. The fourth-order valence-electron chi connectivity index (χ4n) is 2.41. The Labute approximate surface area is 111 Å². The average Bonchev–Trinajstić information content (AvgIpc) is 2.32. The molecule has 5 heteroatoms. The molecule has 1 aliphatic rings. The number of Topliss-reactive ketones (excluding diaryl/α,β-unsaturated/α-hetero) is 1. The van der Waals surface area contributed by atoms with Crippen molar-refractivity contribution < 1.29 is 14.5 Å². The zero-order valence-electron chi connectivity index (χ0n) is 11.1. The lowest BCUT2D eigenvalue weighted by Crippen LogP contribution is -2.25. The van der Waals surface area contributed by atoms with E-state index in [0.717, 1.165) is 18.4 Å². The molecule has 0 heterocycles. The van der Waals surface area contributed by atoms with Crippen LogP contribution in [0.4, 0.5) is 5.69 Å². The SMILES string of the molecule is Cc1cc(C)c([N+](=O)[O-])cc1OC1CCCC(=O)C1. The quantitative estimate of drug-likeness (QED) is 0.620. The van der Waals surface area contributed by atoms with Crippen LogP contribution in [0, 0.1) is 24.0 Å². The molecule has 102 valence electrons. The highest BCUT2D eigenvalue weighted by molar-refractivity contribution is 5.79. The fourth-order valence-corrected chi connectivity index (χ4v) is 2.41. The molecule has 1 fully saturated rings. The van der Waals surface area contributed by atoms with E-state index in [2.05, 4.69) is 0 Å². The van der Waals surface area contributed by atoms with Crippen LogP contribution in [0.1, 0.15) is 36.8 Å². The smallest absolute Gasteiger partial charge is 0.276 e. The molecule has 0 N–H and O–H groups in total. The molecule has 1 atom stereocenters. The molecule has 0 saturated heterocycles. The second-order valence-corrected chi connectivity index (χ2v) is 5.04. The van der Waals surface area contributed by atoms with E-state index in [1.54, 1.807) is 13.0 Å². The summed E-state index contributed by atoms with van der Waals surface area (Å²) in [6.07, 6.45) is 2.53. The first-order valence-corrected chi connectivity index (χ1v) is 6.41. The minimum Gasteiger partial charge on any atom is -0.489 e. The number of nitro groups is 1. The Morgan fingerprint density at radius 2 is 2.05 bits per heavy atom. The van der Waals surface area contributed by atoms with Gasteiger partial charge in [-0.2, -0.15) is 0 Å². The van der Waals surface area contributed by atoms with Crippen LogP contribution in [0.5, 0.6) is 5.75 Å². The molecule has 0 bridgehead atoms. The van der Waals surface area contributed by atoms with Gasteiger partial charge in [0, 0.05) is 18.4 Å². The first kappa shape index (κ1) is 13.5. The fraction of sp³-hybridized carbons (Fsp3) is 0.500. The Balaban J connectivity index is 2.22. The van der Waals surface area contributed by atoms with Crippen LogP contribution in [0.3, 0.4) is 0 Å². The van der Waals surface area contributed by atoms with Crippen molar-refractivity contribution in [2.75, 3.05) is 0 Å². The van der Waals surface area contributed by atoms with E-state index in [0.29, 0.717) is 24.2 Å². The van der Waals surface area contributed by atoms with Gasteiger partial charge >= 0.3 is 0 Å². The van der Waals surface area contributed by atoms with E-state index < -0.39 is 4.92 Å². The maximum absolute atomic E-state index is 11.4. The Morgan fingerprint density at radius 1 is 1.32 bits per heavy atom. The van der Waals surface area contributed by atoms with E-state index in [1.165, 1.54) is 6.07 Å². The predicted molar refractivity (Wildman–Crippen MR) is 70.5 cm³/mol. The summed E-state index contributed by atoms with van der Waals surface area (Å²) < 4.78 is 5.78. The minimum absolute atomic E-state index is 0.0581. The van der Waals surface area contributed by atoms with Crippen LogP contribution in [-0.4, -0.2) is 16.8 Å². The first-order valence-electron chi connectivity index (χ1n) is 6.41. The Morgan fingerprint density at radius 3 is 2.68 bits per heavy atom. The molecule has 5 nitrogen and oxygen atoms in total. The molecule has 1 aromatic carbocycles. The van der Waals surface area contributed by atoms with E-state index >= 15 is 0 Å². The van der Waals surface area contributed by atoms with E-state index in [9.17, 15) is 14.9 Å². The van der Waals surface area contributed by atoms with Crippen LogP contribution >= 0.6 is 0 Å². The number of carbonyl (C=O) groups excluding carboxylic acids is 1. The molecular formula is C14H17NO4. The number of carbonyl (C=O) groups is 1. The van der Waals surface area contributed by atoms with Crippen molar-refractivity contribution in [3.63, 3.8) is 0 Å². The number of nitro benzene ring substituents is 1. The van der Waals surface area contributed by atoms with Crippen molar-refractivity contribution in [1.82, 2.24) is 0 Å². The predicted octanol–water partition coefficient (Wildman–Crippen LogP) is 3.10. The summed E-state index contributed by atoms with van der Waals surface area (Å²) in [5.41, 5.74) is 1.54. The first-order chi connectivity index (χ1) is 8.97. The number of rotatable bonds is 3. The van der Waals surface area contributed by atoms with Crippen molar-refractivity contribution in [3.8, 4) is 5.75 Å². The van der Waals surface area contributed by atoms with Gasteiger partial charge in [0.05, 0.1) is 11.0 Å². The van der Waals surface area contributed by atoms with E-state index in [4.69, 9.17) is 4.74 Å². The van der Waals surface area contributed by atoms with Gasteiger partial charge in [-0.1, -0.05) is 0 Å². The highest BCUT2D eigenvalue weighted by Gasteiger charge is 2.23. The van der Waals surface area contributed by atoms with Gasteiger partial charge in [-0.25, -0.2) is 0 Å². The maximum Gasteiger partial charge on any atom is 0.276 e. The van der Waals surface area contributed by atoms with Crippen LogP contribution in [0.15, 0.2) is 12.1 Å². The largest absolute Gasteiger partial charge is 0.489 e. The molecule has 0 amide bonds.